The number of phosphoric ester groups is 2. The molecule has 0 bridgehead atoms. The predicted octanol–water partition coefficient (Wildman–Crippen LogP) is 17.7. The number of ether oxygens (including phenoxy) is 4. The van der Waals surface area contributed by atoms with Crippen LogP contribution in [0.5, 0.6) is 0 Å². The van der Waals surface area contributed by atoms with Crippen LogP contribution in [0.2, 0.25) is 0 Å². The number of aliphatic hydroxyl groups excluding tert-OH is 1. The van der Waals surface area contributed by atoms with Crippen molar-refractivity contribution in [3.05, 3.63) is 0 Å². The molecule has 0 aromatic heterocycles. The molecule has 83 heavy (non-hydrogen) atoms. The molecule has 2 unspecified atom stereocenters. The SMILES string of the molecule is CCCCCCCCCCCCCCCCCC(=O)O[C@H](COC(=O)CCCCCCCCCCCC(C)C)COP(=O)(O)OC[C@@H](O)COP(=O)(O)OC[C@@H](COC(=O)CCCCCCC)OC(=O)CCCCCCCCCCC(C)C. The number of esters is 4. The molecule has 19 heteroatoms. The Labute approximate surface area is 505 Å². The quantitative estimate of drug-likeness (QED) is 0.0222. The van der Waals surface area contributed by atoms with Crippen LogP contribution in [0.15, 0.2) is 0 Å². The van der Waals surface area contributed by atoms with Crippen molar-refractivity contribution in [1.82, 2.24) is 0 Å². The highest BCUT2D eigenvalue weighted by molar-refractivity contribution is 7.47. The topological polar surface area (TPSA) is 237 Å². The zero-order chi connectivity index (χ0) is 61.5. The summed E-state index contributed by atoms with van der Waals surface area (Å²) < 4.78 is 67.8. The lowest BCUT2D eigenvalue weighted by Gasteiger charge is -2.21. The molecule has 0 radical (unpaired) electrons. The largest absolute Gasteiger partial charge is 0.472 e. The number of rotatable bonds is 63. The van der Waals surface area contributed by atoms with Crippen molar-refractivity contribution in [2.45, 2.75) is 336 Å². The van der Waals surface area contributed by atoms with Crippen molar-refractivity contribution < 1.29 is 80.2 Å². The zero-order valence-corrected chi connectivity index (χ0v) is 55.3. The molecule has 0 amide bonds. The van der Waals surface area contributed by atoms with Gasteiger partial charge >= 0.3 is 39.5 Å². The van der Waals surface area contributed by atoms with E-state index in [1.54, 1.807) is 0 Å². The van der Waals surface area contributed by atoms with E-state index in [9.17, 15) is 43.2 Å². The standard InChI is InChI=1S/C64H124O17P2/c1-7-9-11-13-14-15-16-17-18-19-20-23-30-36-42-48-63(68)81-60(53-75-62(67)47-41-35-29-24-21-22-27-33-38-44-56(3)4)55-79-83(72,73)77-51-58(65)50-76-82(70,71)78-54-59(52-74-61(66)46-40-32-12-10-8-2)80-64(69)49-43-37-31-26-25-28-34-39-45-57(5)6/h56-60,65H,7-55H2,1-6H3,(H,70,71)(H,72,73)/t58-,59+,60+/m0/s1. The second-order valence-corrected chi connectivity index (χ2v) is 27.0. The summed E-state index contributed by atoms with van der Waals surface area (Å²) in [6.45, 7) is 9.35. The van der Waals surface area contributed by atoms with Crippen LogP contribution in [0.3, 0.4) is 0 Å². The van der Waals surface area contributed by atoms with Gasteiger partial charge in [-0.15, -0.1) is 0 Å². The van der Waals surface area contributed by atoms with E-state index in [4.69, 9.17) is 37.0 Å². The van der Waals surface area contributed by atoms with Gasteiger partial charge in [-0.25, -0.2) is 9.13 Å². The lowest BCUT2D eigenvalue weighted by atomic mass is 10.0. The first-order valence-corrected chi connectivity index (χ1v) is 36.5. The number of unbranched alkanes of at least 4 members (excludes halogenated alkanes) is 33. The van der Waals surface area contributed by atoms with Gasteiger partial charge < -0.3 is 33.8 Å². The average molecular weight is 1230 g/mol. The highest BCUT2D eigenvalue weighted by Crippen LogP contribution is 2.45. The summed E-state index contributed by atoms with van der Waals surface area (Å²) in [6.07, 6.45) is 39.3. The molecule has 0 aliphatic heterocycles. The van der Waals surface area contributed by atoms with Crippen molar-refractivity contribution >= 4 is 39.5 Å². The molecule has 3 N–H and O–H groups in total. The third kappa shape index (κ3) is 58.8. The van der Waals surface area contributed by atoms with Crippen LogP contribution >= 0.6 is 15.6 Å². The maximum absolute atomic E-state index is 13.0. The third-order valence-corrected chi connectivity index (χ3v) is 16.6. The van der Waals surface area contributed by atoms with Crippen LogP contribution in [-0.4, -0.2) is 96.7 Å². The summed E-state index contributed by atoms with van der Waals surface area (Å²) >= 11 is 0. The second-order valence-electron chi connectivity index (χ2n) is 24.1. The maximum Gasteiger partial charge on any atom is 0.472 e. The molecule has 492 valence electrons. The molecule has 0 saturated carbocycles. The fourth-order valence-corrected chi connectivity index (χ4v) is 11.1. The Hall–Kier alpha value is -1.94. The number of hydrogen-bond acceptors (Lipinski definition) is 15. The molecule has 0 aliphatic rings. The monoisotopic (exact) mass is 1230 g/mol. The summed E-state index contributed by atoms with van der Waals surface area (Å²) in [5.41, 5.74) is 0. The molecule has 0 aromatic carbocycles. The summed E-state index contributed by atoms with van der Waals surface area (Å²) in [7, 11) is -9.88. The van der Waals surface area contributed by atoms with Crippen molar-refractivity contribution in [2.24, 2.45) is 11.8 Å². The maximum atomic E-state index is 13.0. The Kier molecular flexibility index (Phi) is 55.2. The van der Waals surface area contributed by atoms with E-state index in [2.05, 4.69) is 41.5 Å². The predicted molar refractivity (Wildman–Crippen MR) is 331 cm³/mol. The van der Waals surface area contributed by atoms with Crippen LogP contribution in [0, 0.1) is 11.8 Å². The van der Waals surface area contributed by atoms with Crippen LogP contribution in [0.25, 0.3) is 0 Å². The molecular formula is C64H124O17P2. The molecule has 5 atom stereocenters. The third-order valence-electron chi connectivity index (χ3n) is 14.7. The van der Waals surface area contributed by atoms with Gasteiger partial charge in [0.15, 0.2) is 12.2 Å². The van der Waals surface area contributed by atoms with E-state index in [1.165, 1.54) is 128 Å². The van der Waals surface area contributed by atoms with Gasteiger partial charge in [-0.2, -0.15) is 0 Å². The van der Waals surface area contributed by atoms with Crippen LogP contribution < -0.4 is 0 Å². The van der Waals surface area contributed by atoms with Gasteiger partial charge in [-0.1, -0.05) is 266 Å². The van der Waals surface area contributed by atoms with Gasteiger partial charge in [0.2, 0.25) is 0 Å². The average Bonchev–Trinajstić information content (AvgIpc) is 3.45. The number of carbonyl (C=O) groups is 4. The van der Waals surface area contributed by atoms with Crippen molar-refractivity contribution in [1.29, 1.82) is 0 Å². The van der Waals surface area contributed by atoms with Crippen molar-refractivity contribution in [3.8, 4) is 0 Å². The molecule has 17 nitrogen and oxygen atoms in total. The number of hydrogen-bond donors (Lipinski definition) is 3. The van der Waals surface area contributed by atoms with Crippen molar-refractivity contribution in [3.63, 3.8) is 0 Å². The molecule has 0 rings (SSSR count). The molecule has 0 saturated heterocycles. The Balaban J connectivity index is 5.18. The fourth-order valence-electron chi connectivity index (χ4n) is 9.53. The smallest absolute Gasteiger partial charge is 0.462 e. The minimum Gasteiger partial charge on any atom is -0.462 e. The summed E-state index contributed by atoms with van der Waals surface area (Å²) in [4.78, 5) is 72.0. The van der Waals surface area contributed by atoms with E-state index >= 15 is 0 Å². The van der Waals surface area contributed by atoms with Gasteiger partial charge in [-0.05, 0) is 37.5 Å². The molecule has 0 spiro atoms. The van der Waals surface area contributed by atoms with E-state index in [0.717, 1.165) is 108 Å². The van der Waals surface area contributed by atoms with Gasteiger partial charge in [0.1, 0.15) is 19.3 Å². The minimum absolute atomic E-state index is 0.103. The summed E-state index contributed by atoms with van der Waals surface area (Å²) in [5.74, 6) is -0.682. The molecule has 0 aromatic rings. The van der Waals surface area contributed by atoms with Crippen LogP contribution in [-0.2, 0) is 65.4 Å². The van der Waals surface area contributed by atoms with Crippen molar-refractivity contribution in [2.75, 3.05) is 39.6 Å². The number of aliphatic hydroxyl groups is 1. The van der Waals surface area contributed by atoms with Crippen LogP contribution in [0.4, 0.5) is 0 Å². The van der Waals surface area contributed by atoms with E-state index in [-0.39, 0.29) is 25.7 Å². The first kappa shape index (κ1) is 81.1. The summed E-state index contributed by atoms with van der Waals surface area (Å²) in [6, 6.07) is 0. The fraction of sp³-hybridized carbons (Fsp3) is 0.938. The van der Waals surface area contributed by atoms with E-state index in [1.807, 2.05) is 0 Å². The first-order valence-electron chi connectivity index (χ1n) is 33.5. The molecule has 0 fully saturated rings. The highest BCUT2D eigenvalue weighted by Gasteiger charge is 2.30. The number of phosphoric acid groups is 2. The lowest BCUT2D eigenvalue weighted by Crippen LogP contribution is -2.30. The molecule has 0 heterocycles. The molecular weight excluding hydrogens is 1100 g/mol. The summed E-state index contributed by atoms with van der Waals surface area (Å²) in [5, 5.41) is 10.5. The van der Waals surface area contributed by atoms with Gasteiger partial charge in [0.05, 0.1) is 26.4 Å². The Morgan fingerprint density at radius 2 is 0.554 bits per heavy atom. The van der Waals surface area contributed by atoms with Crippen LogP contribution in [0.1, 0.15) is 318 Å². The second kappa shape index (κ2) is 56.6. The highest BCUT2D eigenvalue weighted by atomic mass is 31.2. The zero-order valence-electron chi connectivity index (χ0n) is 53.5. The number of carbonyl (C=O) groups excluding carboxylic acids is 4. The van der Waals surface area contributed by atoms with Gasteiger partial charge in [0.25, 0.3) is 0 Å². The lowest BCUT2D eigenvalue weighted by molar-refractivity contribution is -0.161. The van der Waals surface area contributed by atoms with Gasteiger partial charge in [0, 0.05) is 25.7 Å². The van der Waals surface area contributed by atoms with Gasteiger partial charge in [-0.3, -0.25) is 37.3 Å². The first-order chi connectivity index (χ1) is 39.9. The Morgan fingerprint density at radius 1 is 0.325 bits per heavy atom. The Morgan fingerprint density at radius 3 is 0.819 bits per heavy atom. The minimum atomic E-state index is -4.94. The Bertz CT molecular complexity index is 1630. The molecule has 0 aliphatic carbocycles. The normalized spacial score (nSPS) is 14.3. The van der Waals surface area contributed by atoms with E-state index in [0.29, 0.717) is 25.7 Å². The van der Waals surface area contributed by atoms with E-state index < -0.39 is 97.5 Å².